The lowest BCUT2D eigenvalue weighted by atomic mass is 9.92. The maximum Gasteiger partial charge on any atom is 0.306 e. The van der Waals surface area contributed by atoms with Crippen LogP contribution >= 0.6 is 15.9 Å². The van der Waals surface area contributed by atoms with Crippen molar-refractivity contribution >= 4 is 21.9 Å². The van der Waals surface area contributed by atoms with Crippen LogP contribution in [0.1, 0.15) is 30.0 Å². The minimum atomic E-state index is -0.674. The average molecular weight is 375 g/mol. The third-order valence-electron chi connectivity index (χ3n) is 4.43. The quantitative estimate of drug-likeness (QED) is 0.885. The second-order valence-electron chi connectivity index (χ2n) is 5.89. The molecule has 1 aliphatic rings. The fraction of sp³-hybridized carbons (Fsp3) is 0.333. The lowest BCUT2D eigenvalue weighted by Gasteiger charge is -2.37. The number of carboxylic acid groups (broad SMARTS) is 1. The predicted octanol–water partition coefficient (Wildman–Crippen LogP) is 3.73. The van der Waals surface area contributed by atoms with Crippen molar-refractivity contribution in [2.45, 2.75) is 18.9 Å². The number of rotatable bonds is 4. The number of piperidine rings is 1. The Bertz CT molecular complexity index is 670. The van der Waals surface area contributed by atoms with Crippen molar-refractivity contribution in [2.75, 3.05) is 13.1 Å². The molecule has 1 fully saturated rings. The Morgan fingerprint density at radius 3 is 2.48 bits per heavy atom. The number of aromatic nitrogens is 1. The molecule has 1 aliphatic heterocycles. The Morgan fingerprint density at radius 1 is 1.17 bits per heavy atom. The van der Waals surface area contributed by atoms with Crippen molar-refractivity contribution in [3.05, 3.63) is 64.4 Å². The van der Waals surface area contributed by atoms with Crippen molar-refractivity contribution in [1.29, 1.82) is 0 Å². The van der Waals surface area contributed by atoms with Crippen LogP contribution in [-0.4, -0.2) is 34.0 Å². The van der Waals surface area contributed by atoms with E-state index in [1.54, 1.807) is 0 Å². The largest absolute Gasteiger partial charge is 0.481 e. The number of hydrogen-bond donors (Lipinski definition) is 1. The second kappa shape index (κ2) is 7.23. The summed E-state index contributed by atoms with van der Waals surface area (Å²) < 4.78 is 1.05. The van der Waals surface area contributed by atoms with E-state index in [1.165, 1.54) is 11.1 Å². The molecule has 0 amide bonds. The standard InChI is InChI=1S/C18H19BrN2O2/c19-16-3-1-2-15(12-16)17(13-4-8-20-9-5-13)21-10-6-14(7-11-21)18(22)23/h1-5,8-9,12,14,17H,6-7,10-11H2,(H,22,23). The first-order valence-electron chi connectivity index (χ1n) is 7.77. The molecule has 0 radical (unpaired) electrons. The SMILES string of the molecule is O=C(O)C1CCN(C(c2ccncc2)c2cccc(Br)c2)CC1. The molecule has 0 saturated carbocycles. The molecule has 1 unspecified atom stereocenters. The maximum atomic E-state index is 11.2. The minimum absolute atomic E-state index is 0.130. The van der Waals surface area contributed by atoms with E-state index in [-0.39, 0.29) is 12.0 Å². The van der Waals surface area contributed by atoms with Crippen molar-refractivity contribution in [3.63, 3.8) is 0 Å². The molecule has 120 valence electrons. The molecule has 1 aromatic carbocycles. The first kappa shape index (κ1) is 16.1. The van der Waals surface area contributed by atoms with Crippen LogP contribution in [0.5, 0.6) is 0 Å². The van der Waals surface area contributed by atoms with Gasteiger partial charge in [0.05, 0.1) is 12.0 Å². The zero-order valence-corrected chi connectivity index (χ0v) is 14.3. The molecule has 5 heteroatoms. The minimum Gasteiger partial charge on any atom is -0.481 e. The Kier molecular flexibility index (Phi) is 5.08. The zero-order chi connectivity index (χ0) is 16.2. The molecular weight excluding hydrogens is 356 g/mol. The number of carbonyl (C=O) groups is 1. The second-order valence-corrected chi connectivity index (χ2v) is 6.80. The molecule has 0 aliphatic carbocycles. The van der Waals surface area contributed by atoms with E-state index in [0.717, 1.165) is 17.6 Å². The highest BCUT2D eigenvalue weighted by atomic mass is 79.9. The molecule has 2 aromatic rings. The fourth-order valence-electron chi connectivity index (χ4n) is 3.24. The lowest BCUT2D eigenvalue weighted by molar-refractivity contribution is -0.143. The monoisotopic (exact) mass is 374 g/mol. The van der Waals surface area contributed by atoms with Crippen molar-refractivity contribution in [2.24, 2.45) is 5.92 Å². The summed E-state index contributed by atoms with van der Waals surface area (Å²) in [5.74, 6) is -0.889. The molecule has 2 heterocycles. The van der Waals surface area contributed by atoms with Crippen LogP contribution in [0.25, 0.3) is 0 Å². The number of carboxylic acids is 1. The number of halogens is 1. The van der Waals surface area contributed by atoms with E-state index in [1.807, 2.05) is 36.7 Å². The summed E-state index contributed by atoms with van der Waals surface area (Å²) in [5, 5.41) is 9.20. The number of pyridine rings is 1. The van der Waals surface area contributed by atoms with Gasteiger partial charge in [0, 0.05) is 16.9 Å². The highest BCUT2D eigenvalue weighted by Crippen LogP contribution is 2.33. The van der Waals surface area contributed by atoms with Gasteiger partial charge in [0.15, 0.2) is 0 Å². The van der Waals surface area contributed by atoms with E-state index in [0.29, 0.717) is 12.8 Å². The molecular formula is C18H19BrN2O2. The molecule has 1 aromatic heterocycles. The summed E-state index contributed by atoms with van der Waals surface area (Å²) in [5.41, 5.74) is 2.39. The Morgan fingerprint density at radius 2 is 1.87 bits per heavy atom. The molecule has 1 saturated heterocycles. The number of nitrogens with zero attached hydrogens (tertiary/aromatic N) is 2. The highest BCUT2D eigenvalue weighted by molar-refractivity contribution is 9.10. The molecule has 0 spiro atoms. The van der Waals surface area contributed by atoms with Gasteiger partial charge < -0.3 is 5.11 Å². The fourth-order valence-corrected chi connectivity index (χ4v) is 3.66. The number of hydrogen-bond acceptors (Lipinski definition) is 3. The molecule has 1 atom stereocenters. The topological polar surface area (TPSA) is 53.4 Å². The molecule has 1 N–H and O–H groups in total. The molecule has 0 bridgehead atoms. The predicted molar refractivity (Wildman–Crippen MR) is 92.2 cm³/mol. The van der Waals surface area contributed by atoms with Gasteiger partial charge >= 0.3 is 5.97 Å². The zero-order valence-electron chi connectivity index (χ0n) is 12.7. The molecule has 23 heavy (non-hydrogen) atoms. The lowest BCUT2D eigenvalue weighted by Crippen LogP contribution is -2.39. The van der Waals surface area contributed by atoms with Gasteiger partial charge in [-0.25, -0.2) is 0 Å². The Balaban J connectivity index is 1.89. The summed E-state index contributed by atoms with van der Waals surface area (Å²) in [4.78, 5) is 17.7. The van der Waals surface area contributed by atoms with Crippen LogP contribution in [0.2, 0.25) is 0 Å². The maximum absolute atomic E-state index is 11.2. The summed E-state index contributed by atoms with van der Waals surface area (Å²) in [6, 6.07) is 12.5. The first-order chi connectivity index (χ1) is 11.1. The summed E-state index contributed by atoms with van der Waals surface area (Å²) in [6.07, 6.45) is 5.02. The summed E-state index contributed by atoms with van der Waals surface area (Å²) >= 11 is 3.55. The van der Waals surface area contributed by atoms with Crippen LogP contribution < -0.4 is 0 Å². The summed E-state index contributed by atoms with van der Waals surface area (Å²) in [7, 11) is 0. The van der Waals surface area contributed by atoms with Gasteiger partial charge in [-0.3, -0.25) is 14.7 Å². The van der Waals surface area contributed by atoms with Crippen molar-refractivity contribution < 1.29 is 9.90 Å². The van der Waals surface area contributed by atoms with Gasteiger partial charge in [-0.15, -0.1) is 0 Å². The Hall–Kier alpha value is -1.72. The van der Waals surface area contributed by atoms with Crippen molar-refractivity contribution in [1.82, 2.24) is 9.88 Å². The van der Waals surface area contributed by atoms with Gasteiger partial charge in [0.25, 0.3) is 0 Å². The van der Waals surface area contributed by atoms with Gasteiger partial charge in [-0.1, -0.05) is 28.1 Å². The first-order valence-corrected chi connectivity index (χ1v) is 8.56. The van der Waals surface area contributed by atoms with E-state index >= 15 is 0 Å². The average Bonchev–Trinajstić information content (AvgIpc) is 2.57. The third kappa shape index (κ3) is 3.79. The van der Waals surface area contributed by atoms with Gasteiger partial charge in [0.2, 0.25) is 0 Å². The number of likely N-dealkylation sites (tertiary alicyclic amines) is 1. The van der Waals surface area contributed by atoms with E-state index in [9.17, 15) is 9.90 Å². The molecule has 3 rings (SSSR count). The van der Waals surface area contributed by atoms with Crippen LogP contribution in [0.3, 0.4) is 0 Å². The Labute approximate surface area is 144 Å². The van der Waals surface area contributed by atoms with Gasteiger partial charge in [-0.2, -0.15) is 0 Å². The van der Waals surface area contributed by atoms with E-state index < -0.39 is 5.97 Å². The van der Waals surface area contributed by atoms with Crippen molar-refractivity contribution in [3.8, 4) is 0 Å². The van der Waals surface area contributed by atoms with Gasteiger partial charge in [-0.05, 0) is 61.3 Å². The van der Waals surface area contributed by atoms with Crippen LogP contribution in [0.4, 0.5) is 0 Å². The van der Waals surface area contributed by atoms with Crippen LogP contribution in [-0.2, 0) is 4.79 Å². The van der Waals surface area contributed by atoms with E-state index in [4.69, 9.17) is 0 Å². The van der Waals surface area contributed by atoms with E-state index in [2.05, 4.69) is 37.9 Å². The normalized spacial score (nSPS) is 17.8. The van der Waals surface area contributed by atoms with Crippen LogP contribution in [0, 0.1) is 5.92 Å². The smallest absolute Gasteiger partial charge is 0.306 e. The number of aliphatic carboxylic acids is 1. The summed E-state index contributed by atoms with van der Waals surface area (Å²) in [6.45, 7) is 1.58. The number of benzene rings is 1. The molecule has 4 nitrogen and oxygen atoms in total. The van der Waals surface area contributed by atoms with Gasteiger partial charge in [0.1, 0.15) is 0 Å². The third-order valence-corrected chi connectivity index (χ3v) is 4.92. The van der Waals surface area contributed by atoms with Crippen LogP contribution in [0.15, 0.2) is 53.3 Å². The highest BCUT2D eigenvalue weighted by Gasteiger charge is 2.30.